The number of carbonyl (C=O) groups excluding carboxylic acids is 1. The van der Waals surface area contributed by atoms with Gasteiger partial charge in [0.1, 0.15) is 10.7 Å². The predicted octanol–water partition coefficient (Wildman–Crippen LogP) is 4.12. The number of amides is 1. The van der Waals surface area contributed by atoms with E-state index >= 15 is 0 Å². The van der Waals surface area contributed by atoms with Crippen LogP contribution in [0, 0.1) is 18.8 Å². The summed E-state index contributed by atoms with van der Waals surface area (Å²) < 4.78 is 2.05. The second-order valence-corrected chi connectivity index (χ2v) is 10.7. The number of fused-ring (bicyclic) bond motifs is 5. The predicted molar refractivity (Wildman–Crippen MR) is 118 cm³/mol. The summed E-state index contributed by atoms with van der Waals surface area (Å²) in [5.41, 5.74) is 2.32. The first kappa shape index (κ1) is 19.3. The summed E-state index contributed by atoms with van der Waals surface area (Å²) in [6.45, 7) is 8.32. The van der Waals surface area contributed by atoms with Crippen LogP contribution in [0.3, 0.4) is 0 Å². The van der Waals surface area contributed by atoms with E-state index in [1.54, 1.807) is 0 Å². The first-order valence-electron chi connectivity index (χ1n) is 10.6. The third-order valence-electron chi connectivity index (χ3n) is 6.27. The standard InChI is InChI=1S/C21H27N5OS2/c1-12-6-7-15-16(9-12)29-20-18(15)19-23-24-21(26(19)14(3)22-20)28-11-17(27)25-8-4-5-13(2)10-25/h12-13H,4-11H2,1-3H3/t12-,13+/m1/s1. The molecule has 0 aromatic carbocycles. The van der Waals surface area contributed by atoms with Gasteiger partial charge in [0.15, 0.2) is 10.8 Å². The van der Waals surface area contributed by atoms with Gasteiger partial charge in [-0.2, -0.15) is 0 Å². The molecule has 2 aliphatic rings. The minimum absolute atomic E-state index is 0.201. The molecule has 3 aromatic heterocycles. The average Bonchev–Trinajstić information content (AvgIpc) is 3.26. The Bertz CT molecular complexity index is 1090. The van der Waals surface area contributed by atoms with Crippen molar-refractivity contribution in [3.05, 3.63) is 16.3 Å². The van der Waals surface area contributed by atoms with Crippen LogP contribution in [-0.4, -0.2) is 49.2 Å². The molecular weight excluding hydrogens is 402 g/mol. The van der Waals surface area contributed by atoms with Crippen LogP contribution in [0.5, 0.6) is 0 Å². The second kappa shape index (κ2) is 7.54. The van der Waals surface area contributed by atoms with Gasteiger partial charge in [-0.05, 0) is 56.4 Å². The van der Waals surface area contributed by atoms with Gasteiger partial charge < -0.3 is 4.90 Å². The number of likely N-dealkylation sites (tertiary alicyclic amines) is 1. The minimum Gasteiger partial charge on any atom is -0.342 e. The molecule has 3 aromatic rings. The highest BCUT2D eigenvalue weighted by atomic mass is 32.2. The number of thioether (sulfide) groups is 1. The van der Waals surface area contributed by atoms with Crippen LogP contribution < -0.4 is 0 Å². The van der Waals surface area contributed by atoms with Crippen molar-refractivity contribution >= 4 is 44.9 Å². The van der Waals surface area contributed by atoms with Crippen molar-refractivity contribution in [2.24, 2.45) is 11.8 Å². The van der Waals surface area contributed by atoms with Crippen LogP contribution in [0.15, 0.2) is 5.16 Å². The van der Waals surface area contributed by atoms with Crippen LogP contribution in [0.2, 0.25) is 0 Å². The van der Waals surface area contributed by atoms with E-state index in [1.165, 1.54) is 40.4 Å². The van der Waals surface area contributed by atoms with Crippen LogP contribution in [0.1, 0.15) is 49.4 Å². The topological polar surface area (TPSA) is 63.4 Å². The van der Waals surface area contributed by atoms with Crippen LogP contribution in [0.4, 0.5) is 0 Å². The molecule has 0 unspecified atom stereocenters. The highest BCUT2D eigenvalue weighted by Crippen LogP contribution is 2.39. The van der Waals surface area contributed by atoms with Gasteiger partial charge in [0.25, 0.3) is 0 Å². The van der Waals surface area contributed by atoms with Crippen LogP contribution >= 0.6 is 23.1 Å². The molecule has 1 amide bonds. The molecule has 1 fully saturated rings. The van der Waals surface area contributed by atoms with Gasteiger partial charge in [0, 0.05) is 18.0 Å². The van der Waals surface area contributed by atoms with Crippen LogP contribution in [-0.2, 0) is 17.6 Å². The summed E-state index contributed by atoms with van der Waals surface area (Å²) in [5, 5.41) is 10.9. The number of aryl methyl sites for hydroxylation is 2. The first-order chi connectivity index (χ1) is 14.0. The van der Waals surface area contributed by atoms with Gasteiger partial charge in [-0.1, -0.05) is 25.6 Å². The summed E-state index contributed by atoms with van der Waals surface area (Å²) in [4.78, 5) is 22.1. The highest BCUT2D eigenvalue weighted by molar-refractivity contribution is 7.99. The lowest BCUT2D eigenvalue weighted by Gasteiger charge is -2.30. The molecule has 8 heteroatoms. The van der Waals surface area contributed by atoms with Gasteiger partial charge in [-0.25, -0.2) is 4.98 Å². The summed E-state index contributed by atoms with van der Waals surface area (Å²) in [5.74, 6) is 2.83. The maximum absolute atomic E-state index is 12.7. The Balaban J connectivity index is 1.45. The summed E-state index contributed by atoms with van der Waals surface area (Å²) >= 11 is 3.30. The van der Waals surface area contributed by atoms with E-state index < -0.39 is 0 Å². The summed E-state index contributed by atoms with van der Waals surface area (Å²) in [6, 6.07) is 0. The van der Waals surface area contributed by atoms with E-state index in [-0.39, 0.29) is 5.91 Å². The van der Waals surface area contributed by atoms with Crippen molar-refractivity contribution < 1.29 is 4.79 Å². The zero-order valence-corrected chi connectivity index (χ0v) is 18.9. The molecule has 154 valence electrons. The molecule has 1 saturated heterocycles. The molecule has 4 heterocycles. The molecule has 1 aliphatic heterocycles. The smallest absolute Gasteiger partial charge is 0.233 e. The van der Waals surface area contributed by atoms with E-state index in [1.807, 2.05) is 27.6 Å². The number of rotatable bonds is 3. The number of thiophene rings is 1. The maximum atomic E-state index is 12.7. The quantitative estimate of drug-likeness (QED) is 0.586. The van der Waals surface area contributed by atoms with Crippen molar-refractivity contribution in [2.75, 3.05) is 18.8 Å². The lowest BCUT2D eigenvalue weighted by atomic mass is 9.89. The zero-order valence-electron chi connectivity index (χ0n) is 17.3. The molecule has 5 rings (SSSR count). The Labute approximate surface area is 179 Å². The molecule has 0 spiro atoms. The monoisotopic (exact) mass is 429 g/mol. The first-order valence-corrected chi connectivity index (χ1v) is 12.4. The Morgan fingerprint density at radius 2 is 2.10 bits per heavy atom. The molecule has 1 aliphatic carbocycles. The number of aromatic nitrogens is 4. The number of hydrogen-bond donors (Lipinski definition) is 0. The van der Waals surface area contributed by atoms with Crippen LogP contribution in [0.25, 0.3) is 15.9 Å². The van der Waals surface area contributed by atoms with Gasteiger partial charge in [0.2, 0.25) is 5.91 Å². The molecule has 0 N–H and O–H groups in total. The van der Waals surface area contributed by atoms with Crippen molar-refractivity contribution in [1.29, 1.82) is 0 Å². The van der Waals surface area contributed by atoms with Crippen molar-refractivity contribution in [1.82, 2.24) is 24.5 Å². The summed E-state index contributed by atoms with van der Waals surface area (Å²) in [6.07, 6.45) is 5.78. The van der Waals surface area contributed by atoms with Crippen molar-refractivity contribution in [3.63, 3.8) is 0 Å². The largest absolute Gasteiger partial charge is 0.342 e. The molecule has 29 heavy (non-hydrogen) atoms. The van der Waals surface area contributed by atoms with Gasteiger partial charge in [0.05, 0.1) is 11.1 Å². The Morgan fingerprint density at radius 3 is 2.93 bits per heavy atom. The molecule has 0 radical (unpaired) electrons. The molecule has 6 nitrogen and oxygen atoms in total. The van der Waals surface area contributed by atoms with Crippen molar-refractivity contribution in [2.45, 2.75) is 58.0 Å². The fraction of sp³-hybridized carbons (Fsp3) is 0.619. The average molecular weight is 430 g/mol. The van der Waals surface area contributed by atoms with Gasteiger partial charge >= 0.3 is 0 Å². The number of carbonyl (C=O) groups is 1. The molecule has 0 bridgehead atoms. The third kappa shape index (κ3) is 3.44. The van der Waals surface area contributed by atoms with E-state index in [4.69, 9.17) is 4.98 Å². The zero-order chi connectivity index (χ0) is 20.1. The minimum atomic E-state index is 0.201. The van der Waals surface area contributed by atoms with Gasteiger partial charge in [-0.15, -0.1) is 21.5 Å². The number of hydrogen-bond acceptors (Lipinski definition) is 6. The number of nitrogens with zero attached hydrogens (tertiary/aromatic N) is 5. The van der Waals surface area contributed by atoms with E-state index in [9.17, 15) is 4.79 Å². The molecular formula is C21H27N5OS2. The van der Waals surface area contributed by atoms with E-state index in [0.29, 0.717) is 11.7 Å². The summed E-state index contributed by atoms with van der Waals surface area (Å²) in [7, 11) is 0. The maximum Gasteiger partial charge on any atom is 0.233 e. The SMILES string of the molecule is Cc1nc2sc3c(c2c2nnc(SCC(=O)N4CCC[C@H](C)C4)n12)CC[C@@H](C)C3. The Morgan fingerprint density at radius 1 is 1.24 bits per heavy atom. The normalized spacial score (nSPS) is 22.4. The van der Waals surface area contributed by atoms with Gasteiger partial charge in [-0.3, -0.25) is 9.20 Å². The highest BCUT2D eigenvalue weighted by Gasteiger charge is 2.26. The Hall–Kier alpha value is -1.67. The lowest BCUT2D eigenvalue weighted by Crippen LogP contribution is -2.40. The molecule has 0 saturated carbocycles. The number of piperidine rings is 1. The fourth-order valence-electron chi connectivity index (χ4n) is 4.69. The fourth-order valence-corrected chi connectivity index (χ4v) is 7.00. The Kier molecular flexibility index (Phi) is 5.02. The lowest BCUT2D eigenvalue weighted by molar-refractivity contribution is -0.130. The van der Waals surface area contributed by atoms with E-state index in [0.717, 1.165) is 59.7 Å². The van der Waals surface area contributed by atoms with Crippen molar-refractivity contribution in [3.8, 4) is 0 Å². The third-order valence-corrected chi connectivity index (χ3v) is 8.33. The van der Waals surface area contributed by atoms with E-state index in [2.05, 4.69) is 24.0 Å². The second-order valence-electron chi connectivity index (χ2n) is 8.71. The molecule has 2 atom stereocenters.